The number of nitrogens with zero attached hydrogens (tertiary/aromatic N) is 3. The van der Waals surface area contributed by atoms with Gasteiger partial charge in [0.15, 0.2) is 5.69 Å². The van der Waals surface area contributed by atoms with Crippen LogP contribution in [0.3, 0.4) is 0 Å². The van der Waals surface area contributed by atoms with Gasteiger partial charge in [0.2, 0.25) is 5.91 Å². The van der Waals surface area contributed by atoms with Gasteiger partial charge in [-0.25, -0.2) is 9.48 Å². The van der Waals surface area contributed by atoms with E-state index in [2.05, 4.69) is 20.4 Å². The summed E-state index contributed by atoms with van der Waals surface area (Å²) in [4.78, 5) is 23.5. The van der Waals surface area contributed by atoms with E-state index in [1.807, 2.05) is 20.8 Å². The zero-order valence-electron chi connectivity index (χ0n) is 12.5. The van der Waals surface area contributed by atoms with Crippen molar-refractivity contribution in [1.82, 2.24) is 20.3 Å². The maximum absolute atomic E-state index is 11.9. The largest absolute Gasteiger partial charge is 0.464 e. The molecule has 1 atom stereocenters. The van der Waals surface area contributed by atoms with Crippen molar-refractivity contribution in [3.8, 4) is 0 Å². The van der Waals surface area contributed by atoms with E-state index in [4.69, 9.17) is 0 Å². The molecule has 0 aliphatic carbocycles. The van der Waals surface area contributed by atoms with Crippen LogP contribution >= 0.6 is 0 Å². The minimum absolute atomic E-state index is 0.0592. The Bertz CT molecular complexity index is 470. The van der Waals surface area contributed by atoms with Crippen molar-refractivity contribution in [2.45, 2.75) is 52.6 Å². The first-order chi connectivity index (χ1) is 9.53. The van der Waals surface area contributed by atoms with E-state index >= 15 is 0 Å². The van der Waals surface area contributed by atoms with Crippen molar-refractivity contribution in [2.75, 3.05) is 7.11 Å². The third kappa shape index (κ3) is 4.04. The average molecular weight is 282 g/mol. The number of hydrogen-bond acceptors (Lipinski definition) is 5. The molecular formula is C13H22N4O3. The number of carbonyl (C=O) groups excluding carboxylic acids is 2. The Hall–Kier alpha value is -1.92. The Morgan fingerprint density at radius 2 is 2.10 bits per heavy atom. The molecule has 7 nitrogen and oxygen atoms in total. The number of hydrogen-bond donors (Lipinski definition) is 1. The minimum atomic E-state index is -0.526. The van der Waals surface area contributed by atoms with Crippen molar-refractivity contribution in [1.29, 1.82) is 0 Å². The van der Waals surface area contributed by atoms with E-state index in [9.17, 15) is 9.59 Å². The molecule has 0 saturated heterocycles. The normalized spacial score (nSPS) is 12.0. The molecule has 0 radical (unpaired) electrons. The molecule has 1 N–H and O–H groups in total. The number of rotatable bonds is 7. The van der Waals surface area contributed by atoms with Gasteiger partial charge in [-0.2, -0.15) is 0 Å². The Kier molecular flexibility index (Phi) is 6.14. The van der Waals surface area contributed by atoms with Gasteiger partial charge in [-0.05, 0) is 19.8 Å². The first-order valence-electron chi connectivity index (χ1n) is 6.83. The SMILES string of the molecule is CCCc1c(C(=O)OC)nnn1CC(=O)NC(C)CC. The summed E-state index contributed by atoms with van der Waals surface area (Å²) in [6, 6.07) is 0.112. The van der Waals surface area contributed by atoms with Gasteiger partial charge in [-0.1, -0.05) is 25.5 Å². The average Bonchev–Trinajstić information content (AvgIpc) is 2.81. The van der Waals surface area contributed by atoms with Crippen LogP contribution in [0.15, 0.2) is 0 Å². The number of esters is 1. The third-order valence-electron chi connectivity index (χ3n) is 3.02. The molecule has 0 saturated carbocycles. The summed E-state index contributed by atoms with van der Waals surface area (Å²) in [7, 11) is 1.30. The summed E-state index contributed by atoms with van der Waals surface area (Å²) in [5.74, 6) is -0.667. The van der Waals surface area contributed by atoms with Crippen LogP contribution in [0.1, 0.15) is 49.8 Å². The summed E-state index contributed by atoms with van der Waals surface area (Å²) in [5, 5.41) is 10.6. The van der Waals surface area contributed by atoms with E-state index in [0.29, 0.717) is 12.1 Å². The molecule has 1 amide bonds. The van der Waals surface area contributed by atoms with Gasteiger partial charge < -0.3 is 10.1 Å². The van der Waals surface area contributed by atoms with Crippen LogP contribution in [-0.4, -0.2) is 40.0 Å². The van der Waals surface area contributed by atoms with Gasteiger partial charge in [0, 0.05) is 6.04 Å². The molecule has 0 aliphatic rings. The standard InChI is InChI=1S/C13H22N4O3/c1-5-7-10-12(13(19)20-4)15-16-17(10)8-11(18)14-9(3)6-2/h9H,5-8H2,1-4H3,(H,14,18). The summed E-state index contributed by atoms with van der Waals surface area (Å²) in [6.07, 6.45) is 2.30. The number of aromatic nitrogens is 3. The van der Waals surface area contributed by atoms with E-state index in [1.54, 1.807) is 0 Å². The monoisotopic (exact) mass is 282 g/mol. The molecule has 0 spiro atoms. The fourth-order valence-electron chi connectivity index (χ4n) is 1.76. The van der Waals surface area contributed by atoms with Crippen LogP contribution in [0, 0.1) is 0 Å². The molecule has 0 bridgehead atoms. The highest BCUT2D eigenvalue weighted by atomic mass is 16.5. The smallest absolute Gasteiger partial charge is 0.360 e. The lowest BCUT2D eigenvalue weighted by Gasteiger charge is -2.12. The number of nitrogens with one attached hydrogen (secondary N) is 1. The van der Waals surface area contributed by atoms with Crippen LogP contribution in [0.4, 0.5) is 0 Å². The van der Waals surface area contributed by atoms with Gasteiger partial charge in [-0.3, -0.25) is 4.79 Å². The fraction of sp³-hybridized carbons (Fsp3) is 0.692. The van der Waals surface area contributed by atoms with E-state index in [0.717, 1.165) is 12.8 Å². The van der Waals surface area contributed by atoms with Crippen LogP contribution < -0.4 is 5.32 Å². The third-order valence-corrected chi connectivity index (χ3v) is 3.02. The Balaban J connectivity index is 2.86. The summed E-state index contributed by atoms with van der Waals surface area (Å²) >= 11 is 0. The molecule has 1 unspecified atom stereocenters. The first kappa shape index (κ1) is 16.1. The second kappa shape index (κ2) is 7.62. The molecule has 1 aromatic heterocycles. The number of ether oxygens (including phenoxy) is 1. The number of amides is 1. The molecule has 0 aromatic carbocycles. The lowest BCUT2D eigenvalue weighted by Crippen LogP contribution is -2.35. The van der Waals surface area contributed by atoms with E-state index in [-0.39, 0.29) is 24.2 Å². The molecule has 0 aliphatic heterocycles. The lowest BCUT2D eigenvalue weighted by molar-refractivity contribution is -0.122. The van der Waals surface area contributed by atoms with E-state index < -0.39 is 5.97 Å². The predicted molar refractivity (Wildman–Crippen MR) is 73.3 cm³/mol. The van der Waals surface area contributed by atoms with Gasteiger partial charge in [-0.15, -0.1) is 5.10 Å². The molecule has 20 heavy (non-hydrogen) atoms. The van der Waals surface area contributed by atoms with Gasteiger partial charge in [0.05, 0.1) is 12.8 Å². The number of methoxy groups -OCH3 is 1. The maximum atomic E-state index is 11.9. The molecule has 7 heteroatoms. The minimum Gasteiger partial charge on any atom is -0.464 e. The van der Waals surface area contributed by atoms with Crippen LogP contribution in [0.2, 0.25) is 0 Å². The van der Waals surface area contributed by atoms with Gasteiger partial charge in [0.25, 0.3) is 0 Å². The highest BCUT2D eigenvalue weighted by molar-refractivity contribution is 5.88. The molecule has 1 rings (SSSR count). The predicted octanol–water partition coefficient (Wildman–Crippen LogP) is 0.932. The topological polar surface area (TPSA) is 86.1 Å². The highest BCUT2D eigenvalue weighted by Gasteiger charge is 2.21. The molecule has 0 fully saturated rings. The lowest BCUT2D eigenvalue weighted by atomic mass is 10.2. The van der Waals surface area contributed by atoms with Crippen LogP contribution in [0.25, 0.3) is 0 Å². The molecule has 112 valence electrons. The molecule has 1 aromatic rings. The van der Waals surface area contributed by atoms with Crippen molar-refractivity contribution >= 4 is 11.9 Å². The van der Waals surface area contributed by atoms with Gasteiger partial charge in [0.1, 0.15) is 6.54 Å². The summed E-state index contributed by atoms with van der Waals surface area (Å²) in [5.41, 5.74) is 0.823. The second-order valence-electron chi connectivity index (χ2n) is 4.66. The number of carbonyl (C=O) groups is 2. The zero-order valence-corrected chi connectivity index (χ0v) is 12.5. The molecule has 1 heterocycles. The van der Waals surface area contributed by atoms with Crippen LogP contribution in [0.5, 0.6) is 0 Å². The van der Waals surface area contributed by atoms with Gasteiger partial charge >= 0.3 is 5.97 Å². The summed E-state index contributed by atoms with van der Waals surface area (Å²) in [6.45, 7) is 5.98. The van der Waals surface area contributed by atoms with E-state index in [1.165, 1.54) is 11.8 Å². The highest BCUT2D eigenvalue weighted by Crippen LogP contribution is 2.10. The van der Waals surface area contributed by atoms with Crippen molar-refractivity contribution < 1.29 is 14.3 Å². The quantitative estimate of drug-likeness (QED) is 0.752. The molecular weight excluding hydrogens is 260 g/mol. The van der Waals surface area contributed by atoms with Crippen LogP contribution in [-0.2, 0) is 22.5 Å². The van der Waals surface area contributed by atoms with Crippen molar-refractivity contribution in [3.63, 3.8) is 0 Å². The Labute approximate surface area is 118 Å². The summed E-state index contributed by atoms with van der Waals surface area (Å²) < 4.78 is 6.13. The first-order valence-corrected chi connectivity index (χ1v) is 6.83. The van der Waals surface area contributed by atoms with Crippen molar-refractivity contribution in [3.05, 3.63) is 11.4 Å². The fourth-order valence-corrected chi connectivity index (χ4v) is 1.76. The Morgan fingerprint density at radius 3 is 2.65 bits per heavy atom. The zero-order chi connectivity index (χ0) is 15.1. The second-order valence-corrected chi connectivity index (χ2v) is 4.66. The van der Waals surface area contributed by atoms with Crippen molar-refractivity contribution in [2.24, 2.45) is 0 Å². The maximum Gasteiger partial charge on any atom is 0.360 e. The Morgan fingerprint density at radius 1 is 1.40 bits per heavy atom.